The minimum absolute atomic E-state index is 0.634. The zero-order chi connectivity index (χ0) is 6.95. The largest absolute Gasteiger partial charge is 0.362 e. The van der Waals surface area contributed by atoms with E-state index >= 15 is 0 Å². The second kappa shape index (κ2) is 6.85. The lowest BCUT2D eigenvalue weighted by Gasteiger charge is -1.89. The van der Waals surface area contributed by atoms with E-state index in [-0.39, 0.29) is 0 Å². The average molecular weight is 127 g/mol. The number of carbonyl (C=O) groups is 1. The van der Waals surface area contributed by atoms with E-state index in [1.54, 1.807) is 0 Å². The van der Waals surface area contributed by atoms with Gasteiger partial charge in [-0.05, 0) is 6.42 Å². The second-order valence-corrected chi connectivity index (χ2v) is 1.51. The molecule has 1 N–H and O–H groups in total. The molecule has 0 saturated heterocycles. The third kappa shape index (κ3) is 6.85. The average Bonchev–Trinajstić information content (AvgIpc) is 1.89. The van der Waals surface area contributed by atoms with Crippen molar-refractivity contribution in [2.75, 3.05) is 6.54 Å². The van der Waals surface area contributed by atoms with Crippen LogP contribution in [-0.4, -0.2) is 24.0 Å². The summed E-state index contributed by atoms with van der Waals surface area (Å²) in [6, 6.07) is 0. The van der Waals surface area contributed by atoms with Gasteiger partial charge in [0, 0.05) is 13.0 Å². The molecule has 0 fully saturated rings. The Hall–Kier alpha value is -1.15. The van der Waals surface area contributed by atoms with Gasteiger partial charge in [0.05, 0.1) is 0 Å². The van der Waals surface area contributed by atoms with Crippen LogP contribution in [0.2, 0.25) is 0 Å². The first-order chi connectivity index (χ1) is 4.41. The number of amides is 1. The molecular formula is C5H9N3O. The molecule has 0 atom stereocenters. The van der Waals surface area contributed by atoms with Gasteiger partial charge in [-0.15, -0.1) is 0 Å². The molecule has 0 aromatic rings. The van der Waals surface area contributed by atoms with Crippen molar-refractivity contribution >= 4 is 12.6 Å². The second-order valence-electron chi connectivity index (χ2n) is 1.51. The third-order valence-electron chi connectivity index (χ3n) is 0.819. The maximum atomic E-state index is 9.64. The fourth-order valence-electron chi connectivity index (χ4n) is 0.412. The van der Waals surface area contributed by atoms with Gasteiger partial charge in [0.1, 0.15) is 0 Å². The molecule has 0 heterocycles. The van der Waals surface area contributed by atoms with Crippen molar-refractivity contribution in [2.45, 2.75) is 12.8 Å². The molecule has 4 nitrogen and oxygen atoms in total. The van der Waals surface area contributed by atoms with Gasteiger partial charge in [-0.25, -0.2) is 0 Å². The molecule has 4 heteroatoms. The van der Waals surface area contributed by atoms with E-state index in [9.17, 15) is 4.79 Å². The Morgan fingerprint density at radius 1 is 1.67 bits per heavy atom. The SMILES string of the molecule is [N-]=[N+]=CCCCNC=O. The van der Waals surface area contributed by atoms with E-state index in [0.717, 1.165) is 6.42 Å². The number of rotatable bonds is 5. The molecule has 50 valence electrons. The third-order valence-corrected chi connectivity index (χ3v) is 0.819. The summed E-state index contributed by atoms with van der Waals surface area (Å²) >= 11 is 0. The van der Waals surface area contributed by atoms with Gasteiger partial charge in [-0.3, -0.25) is 4.79 Å². The van der Waals surface area contributed by atoms with Crippen LogP contribution in [0.5, 0.6) is 0 Å². The lowest BCUT2D eigenvalue weighted by atomic mass is 10.3. The fourth-order valence-corrected chi connectivity index (χ4v) is 0.412. The monoisotopic (exact) mass is 127 g/mol. The zero-order valence-corrected chi connectivity index (χ0v) is 5.08. The first-order valence-corrected chi connectivity index (χ1v) is 2.74. The Labute approximate surface area is 53.5 Å². The van der Waals surface area contributed by atoms with Crippen molar-refractivity contribution in [3.63, 3.8) is 0 Å². The predicted molar refractivity (Wildman–Crippen MR) is 33.0 cm³/mol. The number of carbonyl (C=O) groups excluding carboxylic acids is 1. The summed E-state index contributed by atoms with van der Waals surface area (Å²) in [7, 11) is 0. The van der Waals surface area contributed by atoms with Crippen LogP contribution in [-0.2, 0) is 4.79 Å². The van der Waals surface area contributed by atoms with E-state index in [2.05, 4.69) is 10.1 Å². The zero-order valence-electron chi connectivity index (χ0n) is 5.08. The smallest absolute Gasteiger partial charge is 0.257 e. The molecule has 9 heavy (non-hydrogen) atoms. The van der Waals surface area contributed by atoms with Gasteiger partial charge < -0.3 is 10.8 Å². The van der Waals surface area contributed by atoms with Crippen molar-refractivity contribution in [2.24, 2.45) is 0 Å². The van der Waals surface area contributed by atoms with Gasteiger partial charge in [-0.2, -0.15) is 4.79 Å². The van der Waals surface area contributed by atoms with Crippen LogP contribution in [0.1, 0.15) is 12.8 Å². The van der Waals surface area contributed by atoms with Crippen LogP contribution in [0.3, 0.4) is 0 Å². The quantitative estimate of drug-likeness (QED) is 0.180. The van der Waals surface area contributed by atoms with Gasteiger partial charge in [0.2, 0.25) is 6.41 Å². The molecule has 0 radical (unpaired) electrons. The molecule has 0 aliphatic rings. The molecule has 1 amide bonds. The van der Waals surface area contributed by atoms with Crippen molar-refractivity contribution in [3.05, 3.63) is 5.53 Å². The Morgan fingerprint density at radius 2 is 2.44 bits per heavy atom. The molecule has 0 saturated carbocycles. The lowest BCUT2D eigenvalue weighted by Crippen LogP contribution is -2.11. The minimum atomic E-state index is 0.634. The highest BCUT2D eigenvalue weighted by atomic mass is 16.1. The van der Waals surface area contributed by atoms with E-state index < -0.39 is 0 Å². The van der Waals surface area contributed by atoms with Gasteiger partial charge in [0.15, 0.2) is 0 Å². The number of unbranched alkanes of at least 4 members (excludes halogenated alkanes) is 1. The Bertz CT molecular complexity index is 117. The summed E-state index contributed by atoms with van der Waals surface area (Å²) in [5, 5.41) is 2.48. The van der Waals surface area contributed by atoms with E-state index in [1.807, 2.05) is 0 Å². The van der Waals surface area contributed by atoms with Crippen LogP contribution in [0, 0.1) is 0 Å². The lowest BCUT2D eigenvalue weighted by molar-refractivity contribution is -0.109. The molecule has 0 aromatic carbocycles. The van der Waals surface area contributed by atoms with Crippen LogP contribution in [0.4, 0.5) is 0 Å². The van der Waals surface area contributed by atoms with Crippen LogP contribution in [0.25, 0.3) is 5.53 Å². The summed E-state index contributed by atoms with van der Waals surface area (Å²) in [6.45, 7) is 0.634. The summed E-state index contributed by atoms with van der Waals surface area (Å²) in [4.78, 5) is 12.4. The Balaban J connectivity index is 2.90. The van der Waals surface area contributed by atoms with Crippen molar-refractivity contribution in [3.8, 4) is 0 Å². The molecule has 0 rings (SSSR count). The molecule has 0 spiro atoms. The fraction of sp³-hybridized carbons (Fsp3) is 0.600. The van der Waals surface area contributed by atoms with Crippen LogP contribution < -0.4 is 5.32 Å². The van der Waals surface area contributed by atoms with Gasteiger partial charge in [0.25, 0.3) is 6.21 Å². The van der Waals surface area contributed by atoms with Crippen LogP contribution >= 0.6 is 0 Å². The van der Waals surface area contributed by atoms with Gasteiger partial charge in [-0.1, -0.05) is 0 Å². The maximum Gasteiger partial charge on any atom is 0.257 e. The van der Waals surface area contributed by atoms with Crippen molar-refractivity contribution < 1.29 is 9.58 Å². The molecular weight excluding hydrogens is 118 g/mol. The Morgan fingerprint density at radius 3 is 3.00 bits per heavy atom. The molecule has 0 aliphatic carbocycles. The summed E-state index contributed by atoms with van der Waals surface area (Å²) in [5.41, 5.74) is 7.90. The standard InChI is InChI=1S/C5H9N3O/c6-8-4-2-1-3-7-5-9/h4-5H,1-3H2,(H,7,9). The number of nitrogens with zero attached hydrogens (tertiary/aromatic N) is 2. The molecule has 0 bridgehead atoms. The summed E-state index contributed by atoms with van der Waals surface area (Å²) in [6.07, 6.45) is 3.54. The topological polar surface area (TPSA) is 65.5 Å². The molecule has 0 aromatic heterocycles. The van der Waals surface area contributed by atoms with E-state index in [0.29, 0.717) is 19.4 Å². The number of hydrogen-bond donors (Lipinski definition) is 1. The van der Waals surface area contributed by atoms with Gasteiger partial charge >= 0.3 is 0 Å². The highest BCUT2D eigenvalue weighted by Gasteiger charge is 1.84. The van der Waals surface area contributed by atoms with E-state index in [1.165, 1.54) is 6.21 Å². The highest BCUT2D eigenvalue weighted by Crippen LogP contribution is 1.78. The first kappa shape index (κ1) is 7.85. The number of hydrogen-bond acceptors (Lipinski definition) is 1. The minimum Gasteiger partial charge on any atom is -0.362 e. The normalized spacial score (nSPS) is 7.56. The first-order valence-electron chi connectivity index (χ1n) is 2.74. The van der Waals surface area contributed by atoms with Crippen molar-refractivity contribution in [1.29, 1.82) is 0 Å². The van der Waals surface area contributed by atoms with Crippen molar-refractivity contribution in [1.82, 2.24) is 5.32 Å². The molecule has 0 unspecified atom stereocenters. The Kier molecular flexibility index (Phi) is 5.97. The summed E-state index contributed by atoms with van der Waals surface area (Å²) < 4.78 is 0. The highest BCUT2D eigenvalue weighted by molar-refractivity contribution is 5.50. The number of nitrogens with one attached hydrogen (secondary N) is 1. The molecule has 0 aliphatic heterocycles. The predicted octanol–water partition coefficient (Wildman–Crippen LogP) is -0.187. The van der Waals surface area contributed by atoms with Crippen LogP contribution in [0.15, 0.2) is 0 Å². The van der Waals surface area contributed by atoms with E-state index in [4.69, 9.17) is 5.53 Å². The summed E-state index contributed by atoms with van der Waals surface area (Å²) in [5.74, 6) is 0. The maximum absolute atomic E-state index is 9.64.